The van der Waals surface area contributed by atoms with E-state index >= 15 is 0 Å². The zero-order chi connectivity index (χ0) is 14.5. The van der Waals surface area contributed by atoms with Crippen molar-refractivity contribution in [2.24, 2.45) is 17.6 Å². The third kappa shape index (κ3) is 5.33. The van der Waals surface area contributed by atoms with Gasteiger partial charge in [0.15, 0.2) is 0 Å². The Bertz CT molecular complexity index is 436. The van der Waals surface area contributed by atoms with E-state index in [0.29, 0.717) is 18.3 Å². The maximum atomic E-state index is 12.4. The van der Waals surface area contributed by atoms with Gasteiger partial charge in [-0.05, 0) is 36.7 Å². The van der Waals surface area contributed by atoms with Crippen LogP contribution in [0.15, 0.2) is 30.3 Å². The van der Waals surface area contributed by atoms with Gasteiger partial charge in [0.25, 0.3) is 0 Å². The van der Waals surface area contributed by atoms with Gasteiger partial charge in [0.1, 0.15) is 0 Å². The van der Waals surface area contributed by atoms with Crippen molar-refractivity contribution in [2.45, 2.75) is 39.2 Å². The van der Waals surface area contributed by atoms with Crippen LogP contribution >= 0.6 is 12.4 Å². The average Bonchev–Trinajstić information content (AvgIpc) is 2.86. The summed E-state index contributed by atoms with van der Waals surface area (Å²) in [7, 11) is 0. The molecule has 0 aliphatic carbocycles. The molecule has 1 aliphatic rings. The Morgan fingerprint density at radius 3 is 2.62 bits per heavy atom. The number of hydrogen-bond donors (Lipinski definition) is 1. The van der Waals surface area contributed by atoms with Crippen LogP contribution in [0.5, 0.6) is 0 Å². The van der Waals surface area contributed by atoms with Gasteiger partial charge in [-0.2, -0.15) is 0 Å². The van der Waals surface area contributed by atoms with Gasteiger partial charge in [-0.15, -0.1) is 12.4 Å². The highest BCUT2D eigenvalue weighted by molar-refractivity contribution is 5.85. The van der Waals surface area contributed by atoms with Gasteiger partial charge in [0.05, 0.1) is 6.04 Å². The molecule has 21 heavy (non-hydrogen) atoms. The number of rotatable bonds is 5. The number of nitrogens with zero attached hydrogens (tertiary/aromatic N) is 1. The van der Waals surface area contributed by atoms with Crippen LogP contribution in [-0.2, 0) is 11.2 Å². The van der Waals surface area contributed by atoms with Crippen LogP contribution in [0.3, 0.4) is 0 Å². The van der Waals surface area contributed by atoms with Crippen LogP contribution in [0.4, 0.5) is 0 Å². The first-order chi connectivity index (χ1) is 9.56. The lowest BCUT2D eigenvalue weighted by Crippen LogP contribution is -2.43. The fourth-order valence-corrected chi connectivity index (χ4v) is 3.08. The van der Waals surface area contributed by atoms with E-state index in [1.54, 1.807) is 0 Å². The fraction of sp³-hybridized carbons (Fsp3) is 0.588. The van der Waals surface area contributed by atoms with Gasteiger partial charge in [0.2, 0.25) is 5.91 Å². The lowest BCUT2D eigenvalue weighted by Gasteiger charge is -2.21. The second kappa shape index (κ2) is 8.40. The molecule has 0 bridgehead atoms. The van der Waals surface area contributed by atoms with Crippen molar-refractivity contribution in [3.63, 3.8) is 0 Å². The molecule has 2 atom stereocenters. The molecule has 1 aliphatic heterocycles. The lowest BCUT2D eigenvalue weighted by molar-refractivity contribution is -0.131. The minimum absolute atomic E-state index is 0. The van der Waals surface area contributed by atoms with Gasteiger partial charge in [-0.3, -0.25) is 4.79 Å². The number of amides is 1. The predicted molar refractivity (Wildman–Crippen MR) is 89.5 cm³/mol. The highest BCUT2D eigenvalue weighted by Crippen LogP contribution is 2.23. The minimum Gasteiger partial charge on any atom is -0.341 e. The summed E-state index contributed by atoms with van der Waals surface area (Å²) in [6.07, 6.45) is 2.96. The van der Waals surface area contributed by atoms with E-state index in [1.807, 2.05) is 35.2 Å². The summed E-state index contributed by atoms with van der Waals surface area (Å²) in [6, 6.07) is 9.60. The molecule has 1 aromatic carbocycles. The van der Waals surface area contributed by atoms with E-state index in [2.05, 4.69) is 13.8 Å². The van der Waals surface area contributed by atoms with Gasteiger partial charge < -0.3 is 10.6 Å². The Morgan fingerprint density at radius 1 is 1.33 bits per heavy atom. The van der Waals surface area contributed by atoms with Gasteiger partial charge >= 0.3 is 0 Å². The van der Waals surface area contributed by atoms with Crippen molar-refractivity contribution in [3.05, 3.63) is 35.9 Å². The molecular weight excluding hydrogens is 284 g/mol. The van der Waals surface area contributed by atoms with Crippen molar-refractivity contribution in [1.29, 1.82) is 0 Å². The molecule has 1 aromatic rings. The quantitative estimate of drug-likeness (QED) is 0.909. The Labute approximate surface area is 134 Å². The SMILES string of the molecule is CC(C)CC1CCN(C(=O)[C@@H](N)Cc2ccccc2)C1.Cl. The standard InChI is InChI=1S/C17H26N2O.ClH/c1-13(2)10-15-8-9-19(12-15)17(20)16(18)11-14-6-4-3-5-7-14;/h3-7,13,15-16H,8-12,18H2,1-2H3;1H/t15?,16-;/m0./s1. The maximum absolute atomic E-state index is 12.4. The molecule has 1 unspecified atom stereocenters. The third-order valence-electron chi connectivity index (χ3n) is 4.02. The molecule has 1 saturated heterocycles. The summed E-state index contributed by atoms with van der Waals surface area (Å²) in [4.78, 5) is 14.3. The van der Waals surface area contributed by atoms with Gasteiger partial charge in [-0.25, -0.2) is 0 Å². The number of nitrogens with two attached hydrogens (primary N) is 1. The molecule has 0 saturated carbocycles. The van der Waals surface area contributed by atoms with E-state index in [4.69, 9.17) is 5.73 Å². The van der Waals surface area contributed by atoms with Gasteiger partial charge in [0, 0.05) is 13.1 Å². The minimum atomic E-state index is -0.407. The van der Waals surface area contributed by atoms with E-state index in [0.717, 1.165) is 25.1 Å². The van der Waals surface area contributed by atoms with E-state index in [9.17, 15) is 4.79 Å². The Hall–Kier alpha value is -1.06. The number of likely N-dealkylation sites (tertiary alicyclic amines) is 1. The van der Waals surface area contributed by atoms with Crippen molar-refractivity contribution in [2.75, 3.05) is 13.1 Å². The molecule has 0 aromatic heterocycles. The highest BCUT2D eigenvalue weighted by atomic mass is 35.5. The number of carbonyl (C=O) groups is 1. The van der Waals surface area contributed by atoms with Crippen molar-refractivity contribution in [3.8, 4) is 0 Å². The lowest BCUT2D eigenvalue weighted by atomic mass is 9.97. The zero-order valence-corrected chi connectivity index (χ0v) is 13.8. The molecule has 1 heterocycles. The highest BCUT2D eigenvalue weighted by Gasteiger charge is 2.29. The summed E-state index contributed by atoms with van der Waals surface area (Å²) in [5.41, 5.74) is 7.22. The summed E-state index contributed by atoms with van der Waals surface area (Å²) in [5, 5.41) is 0. The van der Waals surface area contributed by atoms with E-state index in [1.165, 1.54) is 6.42 Å². The summed E-state index contributed by atoms with van der Waals surface area (Å²) in [6.45, 7) is 6.25. The predicted octanol–water partition coefficient (Wildman–Crippen LogP) is 2.87. The Kier molecular flexibility index (Phi) is 7.20. The smallest absolute Gasteiger partial charge is 0.239 e. The largest absolute Gasteiger partial charge is 0.341 e. The first kappa shape index (κ1) is 18.0. The monoisotopic (exact) mass is 310 g/mol. The molecule has 2 rings (SSSR count). The molecular formula is C17H27ClN2O. The molecule has 4 heteroatoms. The number of carbonyl (C=O) groups excluding carboxylic acids is 1. The normalized spacial score (nSPS) is 19.4. The van der Waals surface area contributed by atoms with Crippen LogP contribution in [0.1, 0.15) is 32.3 Å². The number of benzene rings is 1. The van der Waals surface area contributed by atoms with Crippen molar-refractivity contribution in [1.82, 2.24) is 4.90 Å². The average molecular weight is 311 g/mol. The Morgan fingerprint density at radius 2 is 2.00 bits per heavy atom. The van der Waals surface area contributed by atoms with E-state index < -0.39 is 6.04 Å². The first-order valence-electron chi connectivity index (χ1n) is 7.64. The topological polar surface area (TPSA) is 46.3 Å². The van der Waals surface area contributed by atoms with Crippen LogP contribution in [0.2, 0.25) is 0 Å². The molecule has 0 spiro atoms. The van der Waals surface area contributed by atoms with Crippen molar-refractivity contribution < 1.29 is 4.79 Å². The third-order valence-corrected chi connectivity index (χ3v) is 4.02. The van der Waals surface area contributed by atoms with Crippen LogP contribution < -0.4 is 5.73 Å². The summed E-state index contributed by atoms with van der Waals surface area (Å²) < 4.78 is 0. The maximum Gasteiger partial charge on any atom is 0.239 e. The molecule has 3 nitrogen and oxygen atoms in total. The summed E-state index contributed by atoms with van der Waals surface area (Å²) >= 11 is 0. The van der Waals surface area contributed by atoms with Crippen molar-refractivity contribution >= 4 is 18.3 Å². The van der Waals surface area contributed by atoms with E-state index in [-0.39, 0.29) is 18.3 Å². The molecule has 1 amide bonds. The molecule has 118 valence electrons. The van der Waals surface area contributed by atoms with Crippen LogP contribution in [-0.4, -0.2) is 29.9 Å². The zero-order valence-electron chi connectivity index (χ0n) is 13.0. The van der Waals surface area contributed by atoms with Gasteiger partial charge in [-0.1, -0.05) is 44.2 Å². The van der Waals surface area contributed by atoms with Crippen LogP contribution in [0.25, 0.3) is 0 Å². The number of hydrogen-bond acceptors (Lipinski definition) is 2. The van der Waals surface area contributed by atoms with Crippen LogP contribution in [0, 0.1) is 11.8 Å². The fourth-order valence-electron chi connectivity index (χ4n) is 3.08. The molecule has 1 fully saturated rings. The second-order valence-corrected chi connectivity index (χ2v) is 6.36. The first-order valence-corrected chi connectivity index (χ1v) is 7.64. The number of halogens is 1. The Balaban J connectivity index is 0.00000220. The molecule has 2 N–H and O–H groups in total. The molecule has 0 radical (unpaired) electrons. The second-order valence-electron chi connectivity index (χ2n) is 6.36. The summed E-state index contributed by atoms with van der Waals surface area (Å²) in [5.74, 6) is 1.47.